The summed E-state index contributed by atoms with van der Waals surface area (Å²) in [5, 5.41) is 12.4. The van der Waals surface area contributed by atoms with Crippen molar-refractivity contribution in [1.82, 2.24) is 5.32 Å². The summed E-state index contributed by atoms with van der Waals surface area (Å²) < 4.78 is 13.4. The molecule has 3 unspecified atom stereocenters. The Kier molecular flexibility index (Phi) is 8.37. The molecule has 4 nitrogen and oxygen atoms in total. The molecule has 0 bridgehead atoms. The number of halogens is 2. The summed E-state index contributed by atoms with van der Waals surface area (Å²) in [7, 11) is 0. The van der Waals surface area contributed by atoms with Gasteiger partial charge in [-0.15, -0.1) is 12.4 Å². The molecule has 1 aromatic carbocycles. The first kappa shape index (κ1) is 18.8. The molecule has 0 fully saturated rings. The molecule has 6 heteroatoms. The molecule has 0 aliphatic heterocycles. The Morgan fingerprint density at radius 3 is 2.60 bits per heavy atom. The Labute approximate surface area is 125 Å². The molecule has 0 radical (unpaired) electrons. The number of amides is 1. The molecule has 114 valence electrons. The third-order valence-corrected chi connectivity index (χ3v) is 3.29. The number of carbonyl (C=O) groups excluding carboxylic acids is 1. The van der Waals surface area contributed by atoms with Gasteiger partial charge < -0.3 is 16.2 Å². The van der Waals surface area contributed by atoms with E-state index in [9.17, 15) is 14.3 Å². The van der Waals surface area contributed by atoms with E-state index in [0.717, 1.165) is 6.42 Å². The van der Waals surface area contributed by atoms with Crippen LogP contribution in [0.3, 0.4) is 0 Å². The van der Waals surface area contributed by atoms with Crippen molar-refractivity contribution in [2.45, 2.75) is 32.4 Å². The van der Waals surface area contributed by atoms with Crippen molar-refractivity contribution in [3.05, 3.63) is 35.6 Å². The smallest absolute Gasteiger partial charge is 0.237 e. The number of benzene rings is 1. The fourth-order valence-corrected chi connectivity index (χ4v) is 1.68. The highest BCUT2D eigenvalue weighted by Gasteiger charge is 2.20. The van der Waals surface area contributed by atoms with Gasteiger partial charge in [0.2, 0.25) is 5.91 Å². The summed E-state index contributed by atoms with van der Waals surface area (Å²) in [5.74, 6) is -0.759. The van der Waals surface area contributed by atoms with E-state index in [-0.39, 0.29) is 36.3 Å². The Hall–Kier alpha value is -1.17. The van der Waals surface area contributed by atoms with E-state index >= 15 is 0 Å². The van der Waals surface area contributed by atoms with Crippen LogP contribution < -0.4 is 11.1 Å². The Morgan fingerprint density at radius 2 is 2.05 bits per heavy atom. The van der Waals surface area contributed by atoms with Gasteiger partial charge in [0.05, 0.1) is 12.1 Å². The largest absolute Gasteiger partial charge is 0.386 e. The average molecular weight is 305 g/mol. The number of nitrogens with one attached hydrogen (secondary N) is 1. The van der Waals surface area contributed by atoms with Crippen LogP contribution in [0.5, 0.6) is 0 Å². The van der Waals surface area contributed by atoms with Crippen molar-refractivity contribution >= 4 is 18.3 Å². The van der Waals surface area contributed by atoms with E-state index in [4.69, 9.17) is 5.73 Å². The standard InChI is InChI=1S/C14H21FN2O2.ClH/c1-3-9(2)13(16)14(19)17-8-12(18)10-6-4-5-7-11(10)15;/h4-7,9,12-13,18H,3,8,16H2,1-2H3,(H,17,19);1H. The topological polar surface area (TPSA) is 75.4 Å². The van der Waals surface area contributed by atoms with Gasteiger partial charge in [-0.25, -0.2) is 4.39 Å². The number of nitrogens with two attached hydrogens (primary N) is 1. The molecule has 4 N–H and O–H groups in total. The lowest BCUT2D eigenvalue weighted by Crippen LogP contribution is -2.45. The van der Waals surface area contributed by atoms with Crippen LogP contribution in [-0.4, -0.2) is 23.6 Å². The van der Waals surface area contributed by atoms with Gasteiger partial charge in [-0.05, 0) is 12.0 Å². The molecule has 20 heavy (non-hydrogen) atoms. The van der Waals surface area contributed by atoms with Crippen molar-refractivity contribution < 1.29 is 14.3 Å². The van der Waals surface area contributed by atoms with E-state index in [1.807, 2.05) is 13.8 Å². The first-order valence-corrected chi connectivity index (χ1v) is 6.43. The van der Waals surface area contributed by atoms with E-state index in [1.54, 1.807) is 12.1 Å². The molecule has 0 aliphatic rings. The molecule has 1 rings (SSSR count). The minimum absolute atomic E-state index is 0. The minimum Gasteiger partial charge on any atom is -0.386 e. The highest BCUT2D eigenvalue weighted by molar-refractivity contribution is 5.85. The lowest BCUT2D eigenvalue weighted by molar-refractivity contribution is -0.123. The highest BCUT2D eigenvalue weighted by atomic mass is 35.5. The van der Waals surface area contributed by atoms with Crippen molar-refractivity contribution in [3.63, 3.8) is 0 Å². The molecule has 0 aliphatic carbocycles. The number of aliphatic hydroxyl groups excluding tert-OH is 1. The maximum Gasteiger partial charge on any atom is 0.237 e. The summed E-state index contributed by atoms with van der Waals surface area (Å²) in [6.07, 6.45) is -0.279. The molecule has 0 spiro atoms. The Morgan fingerprint density at radius 1 is 1.45 bits per heavy atom. The summed E-state index contributed by atoms with van der Waals surface area (Å²) in [6.45, 7) is 3.79. The van der Waals surface area contributed by atoms with Crippen LogP contribution in [0.2, 0.25) is 0 Å². The monoisotopic (exact) mass is 304 g/mol. The van der Waals surface area contributed by atoms with E-state index in [2.05, 4.69) is 5.32 Å². The zero-order valence-electron chi connectivity index (χ0n) is 11.7. The van der Waals surface area contributed by atoms with Gasteiger partial charge in [0.1, 0.15) is 5.82 Å². The van der Waals surface area contributed by atoms with Gasteiger partial charge in [0.25, 0.3) is 0 Å². The van der Waals surface area contributed by atoms with Crippen molar-refractivity contribution in [1.29, 1.82) is 0 Å². The summed E-state index contributed by atoms with van der Waals surface area (Å²) in [4.78, 5) is 11.7. The predicted octanol–water partition coefficient (Wildman–Crippen LogP) is 1.77. The zero-order valence-corrected chi connectivity index (χ0v) is 12.5. The molecule has 0 heterocycles. The summed E-state index contributed by atoms with van der Waals surface area (Å²) >= 11 is 0. The second-order valence-electron chi connectivity index (χ2n) is 4.69. The fourth-order valence-electron chi connectivity index (χ4n) is 1.68. The van der Waals surface area contributed by atoms with Crippen LogP contribution in [0.15, 0.2) is 24.3 Å². The summed E-state index contributed by atoms with van der Waals surface area (Å²) in [5.41, 5.74) is 5.92. The van der Waals surface area contributed by atoms with E-state index in [1.165, 1.54) is 12.1 Å². The molecular weight excluding hydrogens is 283 g/mol. The van der Waals surface area contributed by atoms with Crippen molar-refractivity contribution in [3.8, 4) is 0 Å². The molecule has 0 aromatic heterocycles. The number of aliphatic hydroxyl groups is 1. The number of hydrogen-bond acceptors (Lipinski definition) is 3. The second kappa shape index (κ2) is 8.89. The fraction of sp³-hybridized carbons (Fsp3) is 0.500. The van der Waals surface area contributed by atoms with Gasteiger partial charge >= 0.3 is 0 Å². The maximum atomic E-state index is 13.4. The minimum atomic E-state index is -1.07. The Bertz CT molecular complexity index is 431. The van der Waals surface area contributed by atoms with Crippen LogP contribution in [0.25, 0.3) is 0 Å². The summed E-state index contributed by atoms with van der Waals surface area (Å²) in [6, 6.07) is 5.32. The van der Waals surface area contributed by atoms with Gasteiger partial charge in [-0.3, -0.25) is 4.79 Å². The van der Waals surface area contributed by atoms with Crippen molar-refractivity contribution in [2.24, 2.45) is 11.7 Å². The number of rotatable bonds is 6. The van der Waals surface area contributed by atoms with Crippen LogP contribution in [0.1, 0.15) is 31.9 Å². The normalized spacial score (nSPS) is 14.8. The Balaban J connectivity index is 0.00000361. The van der Waals surface area contributed by atoms with Crippen LogP contribution in [0.4, 0.5) is 4.39 Å². The molecule has 0 saturated carbocycles. The second-order valence-corrected chi connectivity index (χ2v) is 4.69. The van der Waals surface area contributed by atoms with E-state index in [0.29, 0.717) is 0 Å². The van der Waals surface area contributed by atoms with Crippen LogP contribution in [0, 0.1) is 11.7 Å². The quantitative estimate of drug-likeness (QED) is 0.750. The molecule has 0 saturated heterocycles. The molecule has 1 aromatic rings. The first-order valence-electron chi connectivity index (χ1n) is 6.43. The van der Waals surface area contributed by atoms with Crippen LogP contribution in [-0.2, 0) is 4.79 Å². The first-order chi connectivity index (χ1) is 8.97. The third kappa shape index (κ3) is 5.07. The highest BCUT2D eigenvalue weighted by Crippen LogP contribution is 2.15. The van der Waals surface area contributed by atoms with Gasteiger partial charge in [0, 0.05) is 12.1 Å². The molecule has 1 amide bonds. The number of carbonyl (C=O) groups is 1. The van der Waals surface area contributed by atoms with Gasteiger partial charge in [-0.2, -0.15) is 0 Å². The lowest BCUT2D eigenvalue weighted by Gasteiger charge is -2.19. The molecule has 3 atom stereocenters. The molecular formula is C14H22ClFN2O2. The lowest BCUT2D eigenvalue weighted by atomic mass is 9.99. The van der Waals surface area contributed by atoms with Gasteiger partial charge in [0.15, 0.2) is 0 Å². The SMILES string of the molecule is CCC(C)C(N)C(=O)NCC(O)c1ccccc1F.Cl. The predicted molar refractivity (Wildman–Crippen MR) is 79.0 cm³/mol. The van der Waals surface area contributed by atoms with Crippen molar-refractivity contribution in [2.75, 3.05) is 6.54 Å². The third-order valence-electron chi connectivity index (χ3n) is 3.29. The van der Waals surface area contributed by atoms with Gasteiger partial charge in [-0.1, -0.05) is 38.5 Å². The van der Waals surface area contributed by atoms with Crippen LogP contribution >= 0.6 is 12.4 Å². The number of hydrogen-bond donors (Lipinski definition) is 3. The van der Waals surface area contributed by atoms with E-state index < -0.39 is 18.0 Å². The zero-order chi connectivity index (χ0) is 14.4. The maximum absolute atomic E-state index is 13.4. The average Bonchev–Trinajstić information content (AvgIpc) is 2.43.